The van der Waals surface area contributed by atoms with Gasteiger partial charge in [0.15, 0.2) is 5.82 Å². The predicted molar refractivity (Wildman–Crippen MR) is 74.0 cm³/mol. The zero-order valence-corrected chi connectivity index (χ0v) is 12.6. The lowest BCUT2D eigenvalue weighted by Crippen LogP contribution is -2.36. The highest BCUT2D eigenvalue weighted by molar-refractivity contribution is 4.98. The first-order valence-corrected chi connectivity index (χ1v) is 7.36. The van der Waals surface area contributed by atoms with Gasteiger partial charge in [0.2, 0.25) is 5.89 Å². The van der Waals surface area contributed by atoms with Gasteiger partial charge in [-0.25, -0.2) is 0 Å². The molecular formula is C14H24N4O2. The minimum absolute atomic E-state index is 0.411. The van der Waals surface area contributed by atoms with Crippen molar-refractivity contribution in [1.29, 1.82) is 0 Å². The molecule has 1 aliphatic carbocycles. The SMILES string of the molecule is COCc1noc(CN2C[C@@H](N(C)C)[C@H](C3CC3)C2)n1. The Bertz CT molecular complexity index is 434. The van der Waals surface area contributed by atoms with Crippen LogP contribution in [0.25, 0.3) is 0 Å². The number of methoxy groups -OCH3 is 1. The third-order valence-electron chi connectivity index (χ3n) is 4.44. The molecule has 1 aliphatic heterocycles. The highest BCUT2D eigenvalue weighted by Crippen LogP contribution is 2.42. The molecular weight excluding hydrogens is 256 g/mol. The first kappa shape index (κ1) is 14.0. The van der Waals surface area contributed by atoms with Crippen LogP contribution in [0.3, 0.4) is 0 Å². The number of ether oxygens (including phenoxy) is 1. The van der Waals surface area contributed by atoms with Gasteiger partial charge in [-0.05, 0) is 38.8 Å². The van der Waals surface area contributed by atoms with E-state index in [9.17, 15) is 0 Å². The first-order chi connectivity index (χ1) is 9.67. The van der Waals surface area contributed by atoms with E-state index in [-0.39, 0.29) is 0 Å². The Morgan fingerprint density at radius 2 is 2.15 bits per heavy atom. The maximum Gasteiger partial charge on any atom is 0.240 e. The number of likely N-dealkylation sites (tertiary alicyclic amines) is 1. The van der Waals surface area contributed by atoms with E-state index in [0.29, 0.717) is 24.4 Å². The minimum atomic E-state index is 0.411. The fourth-order valence-electron chi connectivity index (χ4n) is 3.29. The molecule has 6 heteroatoms. The second-order valence-electron chi connectivity index (χ2n) is 6.26. The fourth-order valence-corrected chi connectivity index (χ4v) is 3.29. The Kier molecular flexibility index (Phi) is 4.05. The monoisotopic (exact) mass is 280 g/mol. The second-order valence-corrected chi connectivity index (χ2v) is 6.26. The summed E-state index contributed by atoms with van der Waals surface area (Å²) in [4.78, 5) is 9.17. The van der Waals surface area contributed by atoms with Crippen LogP contribution in [-0.4, -0.2) is 60.3 Å². The Morgan fingerprint density at radius 1 is 1.35 bits per heavy atom. The summed E-state index contributed by atoms with van der Waals surface area (Å²) in [6, 6.07) is 0.656. The molecule has 20 heavy (non-hydrogen) atoms. The van der Waals surface area contributed by atoms with Gasteiger partial charge in [0.25, 0.3) is 0 Å². The van der Waals surface area contributed by atoms with Gasteiger partial charge in [0.1, 0.15) is 6.61 Å². The smallest absolute Gasteiger partial charge is 0.240 e. The number of likely N-dealkylation sites (N-methyl/N-ethyl adjacent to an activating group) is 1. The fraction of sp³-hybridized carbons (Fsp3) is 0.857. The molecule has 2 atom stereocenters. The van der Waals surface area contributed by atoms with E-state index in [1.807, 2.05) is 0 Å². The summed E-state index contributed by atoms with van der Waals surface area (Å²) in [6.07, 6.45) is 2.81. The van der Waals surface area contributed by atoms with Crippen molar-refractivity contribution in [2.24, 2.45) is 11.8 Å². The van der Waals surface area contributed by atoms with Gasteiger partial charge in [-0.1, -0.05) is 5.16 Å². The van der Waals surface area contributed by atoms with E-state index in [1.165, 1.54) is 12.8 Å². The standard InChI is InChI=1S/C14H24N4O2/c1-17(2)12-7-18(6-11(12)10-4-5-10)8-14-15-13(9-19-3)16-20-14/h10-12H,4-9H2,1-3H3/t11-,12+/m0/s1. The number of aromatic nitrogens is 2. The second kappa shape index (κ2) is 5.79. The Morgan fingerprint density at radius 3 is 2.80 bits per heavy atom. The van der Waals surface area contributed by atoms with Crippen LogP contribution in [0.2, 0.25) is 0 Å². The summed E-state index contributed by atoms with van der Waals surface area (Å²) >= 11 is 0. The van der Waals surface area contributed by atoms with Gasteiger partial charge >= 0.3 is 0 Å². The molecule has 0 aromatic carbocycles. The molecule has 2 fully saturated rings. The van der Waals surface area contributed by atoms with Gasteiger partial charge in [-0.15, -0.1) is 0 Å². The number of hydrogen-bond donors (Lipinski definition) is 0. The van der Waals surface area contributed by atoms with E-state index in [1.54, 1.807) is 7.11 Å². The van der Waals surface area contributed by atoms with Gasteiger partial charge in [-0.3, -0.25) is 4.90 Å². The zero-order valence-electron chi connectivity index (χ0n) is 12.6. The van der Waals surface area contributed by atoms with Gasteiger partial charge in [0.05, 0.1) is 6.54 Å². The van der Waals surface area contributed by atoms with Crippen molar-refractivity contribution < 1.29 is 9.26 Å². The highest BCUT2D eigenvalue weighted by atomic mass is 16.5. The van der Waals surface area contributed by atoms with E-state index in [4.69, 9.17) is 9.26 Å². The summed E-state index contributed by atoms with van der Waals surface area (Å²) in [5, 5.41) is 3.92. The lowest BCUT2D eigenvalue weighted by Gasteiger charge is -2.24. The summed E-state index contributed by atoms with van der Waals surface area (Å²) < 4.78 is 10.3. The van der Waals surface area contributed by atoms with Crippen molar-refractivity contribution in [2.75, 3.05) is 34.3 Å². The maximum absolute atomic E-state index is 5.29. The predicted octanol–water partition coefficient (Wildman–Crippen LogP) is 0.988. The number of nitrogens with zero attached hydrogens (tertiary/aromatic N) is 4. The van der Waals surface area contributed by atoms with E-state index in [2.05, 4.69) is 34.0 Å². The molecule has 1 saturated heterocycles. The number of hydrogen-bond acceptors (Lipinski definition) is 6. The van der Waals surface area contributed by atoms with Crippen molar-refractivity contribution in [3.8, 4) is 0 Å². The average Bonchev–Trinajstić information content (AvgIpc) is 3.02. The van der Waals surface area contributed by atoms with Crippen LogP contribution in [0, 0.1) is 11.8 Å². The summed E-state index contributed by atoms with van der Waals surface area (Å²) in [6.45, 7) is 3.41. The van der Waals surface area contributed by atoms with E-state index in [0.717, 1.165) is 31.5 Å². The van der Waals surface area contributed by atoms with Crippen LogP contribution in [0.1, 0.15) is 24.6 Å². The van der Waals surface area contributed by atoms with Crippen molar-refractivity contribution in [2.45, 2.75) is 32.0 Å². The van der Waals surface area contributed by atoms with Crippen molar-refractivity contribution in [3.63, 3.8) is 0 Å². The molecule has 0 spiro atoms. The molecule has 1 aromatic heterocycles. The summed E-state index contributed by atoms with van der Waals surface area (Å²) in [5.74, 6) is 3.06. The minimum Gasteiger partial charge on any atom is -0.377 e. The lowest BCUT2D eigenvalue weighted by atomic mass is 9.97. The molecule has 3 rings (SSSR count). The molecule has 2 aliphatic rings. The van der Waals surface area contributed by atoms with E-state index < -0.39 is 0 Å². The molecule has 0 amide bonds. The molecule has 1 aromatic rings. The van der Waals surface area contributed by atoms with Crippen LogP contribution in [0.15, 0.2) is 4.52 Å². The Labute approximate surface area is 120 Å². The molecule has 0 bridgehead atoms. The normalized spacial score (nSPS) is 27.6. The third-order valence-corrected chi connectivity index (χ3v) is 4.44. The van der Waals surface area contributed by atoms with Crippen LogP contribution >= 0.6 is 0 Å². The molecule has 0 N–H and O–H groups in total. The van der Waals surface area contributed by atoms with Crippen molar-refractivity contribution in [1.82, 2.24) is 19.9 Å². The summed E-state index contributed by atoms with van der Waals surface area (Å²) in [7, 11) is 6.01. The molecule has 6 nitrogen and oxygen atoms in total. The van der Waals surface area contributed by atoms with Crippen LogP contribution in [-0.2, 0) is 17.9 Å². The zero-order chi connectivity index (χ0) is 14.1. The topological polar surface area (TPSA) is 54.6 Å². The van der Waals surface area contributed by atoms with Crippen LogP contribution in [0.5, 0.6) is 0 Å². The molecule has 0 radical (unpaired) electrons. The molecule has 1 saturated carbocycles. The van der Waals surface area contributed by atoms with Crippen LogP contribution in [0.4, 0.5) is 0 Å². The lowest BCUT2D eigenvalue weighted by molar-refractivity contribution is 0.174. The summed E-state index contributed by atoms with van der Waals surface area (Å²) in [5.41, 5.74) is 0. The largest absolute Gasteiger partial charge is 0.377 e. The molecule has 112 valence electrons. The Balaban J connectivity index is 1.60. The van der Waals surface area contributed by atoms with Gasteiger partial charge in [0, 0.05) is 26.2 Å². The number of rotatable bonds is 6. The molecule has 2 heterocycles. The van der Waals surface area contributed by atoms with Crippen molar-refractivity contribution in [3.05, 3.63) is 11.7 Å². The highest BCUT2D eigenvalue weighted by Gasteiger charge is 2.43. The Hall–Kier alpha value is -0.980. The first-order valence-electron chi connectivity index (χ1n) is 7.36. The van der Waals surface area contributed by atoms with E-state index >= 15 is 0 Å². The maximum atomic E-state index is 5.29. The average molecular weight is 280 g/mol. The van der Waals surface area contributed by atoms with Crippen molar-refractivity contribution >= 4 is 0 Å². The molecule has 0 unspecified atom stereocenters. The quantitative estimate of drug-likeness (QED) is 0.774. The van der Waals surface area contributed by atoms with Crippen LogP contribution < -0.4 is 0 Å². The van der Waals surface area contributed by atoms with Gasteiger partial charge < -0.3 is 14.2 Å². The van der Waals surface area contributed by atoms with Gasteiger partial charge in [-0.2, -0.15) is 4.98 Å². The third kappa shape index (κ3) is 3.02.